The molecule has 0 aliphatic carbocycles. The van der Waals surface area contributed by atoms with E-state index in [-0.39, 0.29) is 5.75 Å². The Morgan fingerprint density at radius 1 is 0.938 bits per heavy atom. The molecule has 32 heavy (non-hydrogen) atoms. The van der Waals surface area contributed by atoms with E-state index >= 15 is 0 Å². The molecule has 0 spiro atoms. The number of rotatable bonds is 4. The topological polar surface area (TPSA) is 50.8 Å². The fourth-order valence-electron chi connectivity index (χ4n) is 3.00. The van der Waals surface area contributed by atoms with Crippen LogP contribution in [0.15, 0.2) is 91.4 Å². The molecule has 4 rings (SSSR count). The molecular weight excluding hydrogens is 415 g/mol. The molecule has 0 fully saturated rings. The Labute approximate surface area is 184 Å². The zero-order valence-electron chi connectivity index (χ0n) is 17.3. The van der Waals surface area contributed by atoms with Crippen molar-refractivity contribution in [2.24, 2.45) is 7.05 Å². The first-order chi connectivity index (χ1) is 15.4. The van der Waals surface area contributed by atoms with E-state index in [1.165, 1.54) is 23.4 Å². The largest absolute Gasteiger partial charge is 0.573 e. The van der Waals surface area contributed by atoms with Crippen molar-refractivity contribution in [1.29, 1.82) is 5.26 Å². The first kappa shape index (κ1) is 22.6. The molecule has 0 atom stereocenters. The quantitative estimate of drug-likeness (QED) is 0.387. The van der Waals surface area contributed by atoms with Crippen LogP contribution < -0.4 is 4.74 Å². The molecule has 0 saturated carbocycles. The number of ether oxygens (including phenoxy) is 1. The van der Waals surface area contributed by atoms with Crippen LogP contribution in [0.1, 0.15) is 16.8 Å². The summed E-state index contributed by atoms with van der Waals surface area (Å²) in [5, 5.41) is 8.67. The highest BCUT2D eigenvalue weighted by Gasteiger charge is 2.32. The summed E-state index contributed by atoms with van der Waals surface area (Å²) in [6.07, 6.45) is -0.176. The Kier molecular flexibility index (Phi) is 7.29. The number of halogens is 3. The van der Waals surface area contributed by atoms with Gasteiger partial charge in [-0.25, -0.2) is 4.98 Å². The van der Waals surface area contributed by atoms with Gasteiger partial charge in [-0.3, -0.25) is 0 Å². The lowest BCUT2D eigenvalue weighted by molar-refractivity contribution is -0.274. The van der Waals surface area contributed by atoms with Gasteiger partial charge in [0.1, 0.15) is 5.75 Å². The number of alkyl halides is 3. The number of benzene rings is 3. The third-order valence-electron chi connectivity index (χ3n) is 4.58. The molecule has 0 saturated heterocycles. The second-order valence-electron chi connectivity index (χ2n) is 6.89. The third-order valence-corrected chi connectivity index (χ3v) is 4.58. The fourth-order valence-corrected chi connectivity index (χ4v) is 3.00. The van der Waals surface area contributed by atoms with Crippen LogP contribution in [0.3, 0.4) is 0 Å². The van der Waals surface area contributed by atoms with Gasteiger partial charge in [0.25, 0.3) is 0 Å². The van der Waals surface area contributed by atoms with E-state index in [0.29, 0.717) is 16.7 Å². The van der Waals surface area contributed by atoms with E-state index in [1.54, 1.807) is 48.8 Å². The normalized spacial score (nSPS) is 10.6. The van der Waals surface area contributed by atoms with Crippen molar-refractivity contribution in [2.75, 3.05) is 0 Å². The Hall–Kier alpha value is -4.05. The van der Waals surface area contributed by atoms with Crippen molar-refractivity contribution < 1.29 is 17.9 Å². The molecular formula is C25H20F3N3O. The molecule has 0 N–H and O–H groups in total. The SMILES string of the molecule is Cn1cncc1Cc1ccc(C#N)cc1.FC(F)(F)Oc1ccccc1-c1ccccc1. The van der Waals surface area contributed by atoms with Gasteiger partial charge >= 0.3 is 6.36 Å². The maximum Gasteiger partial charge on any atom is 0.573 e. The summed E-state index contributed by atoms with van der Waals surface area (Å²) in [5.41, 5.74) is 4.17. The highest BCUT2D eigenvalue weighted by Crippen LogP contribution is 2.33. The van der Waals surface area contributed by atoms with Crippen LogP contribution >= 0.6 is 0 Å². The Balaban J connectivity index is 0.000000182. The maximum absolute atomic E-state index is 12.2. The smallest absolute Gasteiger partial charge is 0.405 e. The molecule has 0 aliphatic rings. The highest BCUT2D eigenvalue weighted by atomic mass is 19.4. The summed E-state index contributed by atoms with van der Waals surface area (Å²) in [7, 11) is 1.98. The van der Waals surface area contributed by atoms with Crippen molar-refractivity contribution in [3.63, 3.8) is 0 Å². The van der Waals surface area contributed by atoms with Crippen molar-refractivity contribution in [1.82, 2.24) is 9.55 Å². The maximum atomic E-state index is 12.2. The molecule has 162 valence electrons. The number of aryl methyl sites for hydroxylation is 1. The lowest BCUT2D eigenvalue weighted by atomic mass is 10.1. The number of para-hydroxylation sites is 1. The molecule has 4 nitrogen and oxygen atoms in total. The molecule has 0 amide bonds. The lowest BCUT2D eigenvalue weighted by Crippen LogP contribution is -2.17. The fraction of sp³-hybridized carbons (Fsp3) is 0.120. The second kappa shape index (κ2) is 10.3. The van der Waals surface area contributed by atoms with Crippen molar-refractivity contribution in [3.05, 3.63) is 108 Å². The molecule has 0 aliphatic heterocycles. The van der Waals surface area contributed by atoms with Crippen LogP contribution in [0.2, 0.25) is 0 Å². The summed E-state index contributed by atoms with van der Waals surface area (Å²) < 4.78 is 42.6. The molecule has 1 aromatic heterocycles. The van der Waals surface area contributed by atoms with Crippen LogP contribution in [0.4, 0.5) is 13.2 Å². The van der Waals surface area contributed by atoms with Crippen molar-refractivity contribution in [2.45, 2.75) is 12.8 Å². The average Bonchev–Trinajstić information content (AvgIpc) is 3.19. The molecule has 0 unspecified atom stereocenters. The number of nitrogens with zero attached hydrogens (tertiary/aromatic N) is 3. The van der Waals surface area contributed by atoms with Crippen LogP contribution in [-0.4, -0.2) is 15.9 Å². The van der Waals surface area contributed by atoms with E-state index in [4.69, 9.17) is 5.26 Å². The van der Waals surface area contributed by atoms with Gasteiger partial charge in [-0.1, -0.05) is 60.7 Å². The minimum atomic E-state index is -4.68. The summed E-state index contributed by atoms with van der Waals surface area (Å²) in [5.74, 6) is -0.189. The van der Waals surface area contributed by atoms with Crippen molar-refractivity contribution in [3.8, 4) is 22.9 Å². The van der Waals surface area contributed by atoms with Gasteiger partial charge in [-0.15, -0.1) is 13.2 Å². The van der Waals surface area contributed by atoms with Crippen LogP contribution in [0.5, 0.6) is 5.75 Å². The first-order valence-corrected chi connectivity index (χ1v) is 9.70. The second-order valence-corrected chi connectivity index (χ2v) is 6.89. The van der Waals surface area contributed by atoms with Gasteiger partial charge in [0, 0.05) is 30.9 Å². The van der Waals surface area contributed by atoms with E-state index in [2.05, 4.69) is 15.8 Å². The van der Waals surface area contributed by atoms with E-state index in [1.807, 2.05) is 42.1 Å². The average molecular weight is 435 g/mol. The predicted octanol–water partition coefficient (Wildman–Crippen LogP) is 6.13. The van der Waals surface area contributed by atoms with Crippen LogP contribution in [-0.2, 0) is 13.5 Å². The number of hydrogen-bond acceptors (Lipinski definition) is 3. The van der Waals surface area contributed by atoms with Gasteiger partial charge in [0.15, 0.2) is 0 Å². The number of hydrogen-bond donors (Lipinski definition) is 0. The monoisotopic (exact) mass is 435 g/mol. The van der Waals surface area contributed by atoms with Gasteiger partial charge in [-0.05, 0) is 29.3 Å². The highest BCUT2D eigenvalue weighted by molar-refractivity contribution is 5.70. The summed E-state index contributed by atoms with van der Waals surface area (Å²) in [6, 6.07) is 24.6. The third kappa shape index (κ3) is 6.47. The van der Waals surface area contributed by atoms with Crippen LogP contribution in [0, 0.1) is 11.3 Å². The summed E-state index contributed by atoms with van der Waals surface area (Å²) in [6.45, 7) is 0. The Morgan fingerprint density at radius 3 is 2.19 bits per heavy atom. The van der Waals surface area contributed by atoms with E-state index in [0.717, 1.165) is 6.42 Å². The summed E-state index contributed by atoms with van der Waals surface area (Å²) >= 11 is 0. The van der Waals surface area contributed by atoms with Gasteiger partial charge in [0.05, 0.1) is 18.0 Å². The molecule has 1 heterocycles. The standard InChI is InChI=1S/C13H9F3O.C12H11N3/c14-13(15,16)17-12-9-5-4-8-11(12)10-6-2-1-3-7-10;1-15-9-14-8-12(15)6-10-2-4-11(7-13)5-3-10/h1-9H;2-5,8-9H,6H2,1H3. The lowest BCUT2D eigenvalue weighted by Gasteiger charge is -2.13. The number of aromatic nitrogens is 2. The Bertz CT molecular complexity index is 1180. The summed E-state index contributed by atoms with van der Waals surface area (Å²) in [4.78, 5) is 4.06. The first-order valence-electron chi connectivity index (χ1n) is 9.70. The molecule has 3 aromatic carbocycles. The number of nitriles is 1. The van der Waals surface area contributed by atoms with Gasteiger partial charge in [-0.2, -0.15) is 5.26 Å². The minimum absolute atomic E-state index is 0.189. The zero-order valence-corrected chi connectivity index (χ0v) is 17.3. The molecule has 0 bridgehead atoms. The predicted molar refractivity (Wildman–Crippen MR) is 116 cm³/mol. The molecule has 0 radical (unpaired) electrons. The van der Waals surface area contributed by atoms with Crippen LogP contribution in [0.25, 0.3) is 11.1 Å². The molecule has 4 aromatic rings. The Morgan fingerprint density at radius 2 is 1.59 bits per heavy atom. The minimum Gasteiger partial charge on any atom is -0.405 e. The van der Waals surface area contributed by atoms with E-state index in [9.17, 15) is 13.2 Å². The van der Waals surface area contributed by atoms with Gasteiger partial charge < -0.3 is 9.30 Å². The number of imidazole rings is 1. The van der Waals surface area contributed by atoms with Crippen molar-refractivity contribution >= 4 is 0 Å². The molecule has 7 heteroatoms. The van der Waals surface area contributed by atoms with E-state index < -0.39 is 6.36 Å². The van der Waals surface area contributed by atoms with Gasteiger partial charge in [0.2, 0.25) is 0 Å². The zero-order chi connectivity index (χ0) is 23.0.